The van der Waals surface area contributed by atoms with E-state index in [4.69, 9.17) is 0 Å². The molecule has 2 amide bonds. The van der Waals surface area contributed by atoms with Gasteiger partial charge in [0.2, 0.25) is 0 Å². The Balaban J connectivity index is 1.64. The normalized spacial score (nSPS) is 12.0. The van der Waals surface area contributed by atoms with Gasteiger partial charge in [0.25, 0.3) is 0 Å². The number of nitrogens with zero attached hydrogens (tertiary/aromatic N) is 3. The first-order valence-corrected chi connectivity index (χ1v) is 8.38. The second kappa shape index (κ2) is 6.79. The van der Waals surface area contributed by atoms with E-state index >= 15 is 0 Å². The molecule has 0 aromatic carbocycles. The minimum Gasteiger partial charge on any atom is -0.328 e. The van der Waals surface area contributed by atoms with Crippen LogP contribution in [-0.2, 0) is 0 Å². The highest BCUT2D eigenvalue weighted by Crippen LogP contribution is 2.21. The number of aromatic nitrogens is 4. The van der Waals surface area contributed by atoms with E-state index in [1.807, 2.05) is 50.4 Å². The van der Waals surface area contributed by atoms with Crippen molar-refractivity contribution in [1.29, 1.82) is 0 Å². The van der Waals surface area contributed by atoms with Crippen molar-refractivity contribution in [3.63, 3.8) is 0 Å². The first-order valence-electron chi connectivity index (χ1n) is 7.50. The SMILES string of the molecule is Cc1cc(NC(=O)NC(C)c2nc(-c3cccs3)n[nH]2)cc(C)n1. The Hall–Kier alpha value is -2.74. The Morgan fingerprint density at radius 1 is 1.25 bits per heavy atom. The zero-order chi connectivity index (χ0) is 17.1. The zero-order valence-corrected chi connectivity index (χ0v) is 14.4. The quantitative estimate of drug-likeness (QED) is 0.677. The summed E-state index contributed by atoms with van der Waals surface area (Å²) in [4.78, 5) is 21.9. The third-order valence-electron chi connectivity index (χ3n) is 3.34. The van der Waals surface area contributed by atoms with Crippen molar-refractivity contribution >= 4 is 23.1 Å². The molecule has 0 aliphatic heterocycles. The summed E-state index contributed by atoms with van der Waals surface area (Å²) in [5.74, 6) is 1.24. The highest BCUT2D eigenvalue weighted by molar-refractivity contribution is 7.13. The minimum absolute atomic E-state index is 0.296. The van der Waals surface area contributed by atoms with Gasteiger partial charge in [0.05, 0.1) is 10.9 Å². The molecule has 0 radical (unpaired) electrons. The number of amides is 2. The molecule has 3 heterocycles. The van der Waals surface area contributed by atoms with Crippen LogP contribution in [0.2, 0.25) is 0 Å². The summed E-state index contributed by atoms with van der Waals surface area (Å²) in [6.45, 7) is 5.63. The van der Waals surface area contributed by atoms with Gasteiger partial charge in [-0.1, -0.05) is 6.07 Å². The molecule has 124 valence electrons. The minimum atomic E-state index is -0.304. The number of aryl methyl sites for hydroxylation is 2. The third kappa shape index (κ3) is 3.77. The maximum Gasteiger partial charge on any atom is 0.319 e. The average Bonchev–Trinajstić information content (AvgIpc) is 3.17. The number of nitrogens with one attached hydrogen (secondary N) is 3. The van der Waals surface area contributed by atoms with E-state index in [0.717, 1.165) is 16.3 Å². The van der Waals surface area contributed by atoms with Crippen molar-refractivity contribution < 1.29 is 4.79 Å². The molecule has 1 unspecified atom stereocenters. The summed E-state index contributed by atoms with van der Waals surface area (Å²) in [6, 6.07) is 6.94. The topological polar surface area (TPSA) is 95.6 Å². The van der Waals surface area contributed by atoms with Crippen LogP contribution < -0.4 is 10.6 Å². The number of thiophene rings is 1. The molecule has 3 N–H and O–H groups in total. The monoisotopic (exact) mass is 342 g/mol. The second-order valence-corrected chi connectivity index (χ2v) is 6.43. The first-order chi connectivity index (χ1) is 11.5. The molecule has 0 aliphatic rings. The zero-order valence-electron chi connectivity index (χ0n) is 13.6. The van der Waals surface area contributed by atoms with Crippen molar-refractivity contribution in [3.05, 3.63) is 46.9 Å². The molecule has 3 rings (SSSR count). The Morgan fingerprint density at radius 2 is 2.00 bits per heavy atom. The van der Waals surface area contributed by atoms with Crippen LogP contribution in [0.1, 0.15) is 30.2 Å². The molecule has 3 aromatic heterocycles. The lowest BCUT2D eigenvalue weighted by molar-refractivity contribution is 0.249. The molecule has 0 fully saturated rings. The molecule has 0 aliphatic carbocycles. The largest absolute Gasteiger partial charge is 0.328 e. The average molecular weight is 342 g/mol. The van der Waals surface area contributed by atoms with Gasteiger partial charge in [-0.15, -0.1) is 11.3 Å². The van der Waals surface area contributed by atoms with E-state index in [-0.39, 0.29) is 12.1 Å². The fourth-order valence-corrected chi connectivity index (χ4v) is 2.98. The molecule has 3 aromatic rings. The maximum absolute atomic E-state index is 12.2. The van der Waals surface area contributed by atoms with Gasteiger partial charge in [-0.3, -0.25) is 10.1 Å². The Kier molecular flexibility index (Phi) is 4.57. The molecule has 1 atom stereocenters. The number of pyridine rings is 1. The fourth-order valence-electron chi connectivity index (χ4n) is 2.32. The van der Waals surface area contributed by atoms with Gasteiger partial charge < -0.3 is 10.6 Å². The number of carbonyl (C=O) groups excluding carboxylic acids is 1. The van der Waals surface area contributed by atoms with Gasteiger partial charge in [-0.2, -0.15) is 5.10 Å². The summed E-state index contributed by atoms with van der Waals surface area (Å²) >= 11 is 1.57. The van der Waals surface area contributed by atoms with Crippen LogP contribution in [0, 0.1) is 13.8 Å². The van der Waals surface area contributed by atoms with Crippen molar-refractivity contribution in [1.82, 2.24) is 25.5 Å². The van der Waals surface area contributed by atoms with E-state index in [0.29, 0.717) is 17.3 Å². The summed E-state index contributed by atoms with van der Waals surface area (Å²) in [5, 5.41) is 14.7. The van der Waals surface area contributed by atoms with Crippen molar-refractivity contribution in [2.75, 3.05) is 5.32 Å². The number of rotatable bonds is 4. The number of H-pyrrole nitrogens is 1. The molecule has 24 heavy (non-hydrogen) atoms. The Labute approximate surface area is 143 Å². The molecule has 7 nitrogen and oxygen atoms in total. The van der Waals surface area contributed by atoms with Crippen LogP contribution in [0.5, 0.6) is 0 Å². The van der Waals surface area contributed by atoms with E-state index in [9.17, 15) is 4.79 Å². The van der Waals surface area contributed by atoms with E-state index in [2.05, 4.69) is 30.8 Å². The van der Waals surface area contributed by atoms with E-state index in [1.165, 1.54) is 0 Å². The molecule has 0 saturated heterocycles. The van der Waals surface area contributed by atoms with Gasteiger partial charge in [0, 0.05) is 17.1 Å². The number of aromatic amines is 1. The van der Waals surface area contributed by atoms with Gasteiger partial charge >= 0.3 is 6.03 Å². The highest BCUT2D eigenvalue weighted by Gasteiger charge is 2.15. The molecule has 0 saturated carbocycles. The van der Waals surface area contributed by atoms with Crippen molar-refractivity contribution in [2.24, 2.45) is 0 Å². The predicted molar refractivity (Wildman–Crippen MR) is 94.0 cm³/mol. The fraction of sp³-hybridized carbons (Fsp3) is 0.250. The summed E-state index contributed by atoms with van der Waals surface area (Å²) in [5.41, 5.74) is 2.42. The number of urea groups is 1. The van der Waals surface area contributed by atoms with Crippen LogP contribution in [0.4, 0.5) is 10.5 Å². The summed E-state index contributed by atoms with van der Waals surface area (Å²) in [6.07, 6.45) is 0. The molecule has 0 bridgehead atoms. The van der Waals surface area contributed by atoms with Gasteiger partial charge in [0.15, 0.2) is 5.82 Å². The molecule has 0 spiro atoms. The van der Waals surface area contributed by atoms with Gasteiger partial charge in [0.1, 0.15) is 5.82 Å². The number of carbonyl (C=O) groups is 1. The molecular weight excluding hydrogens is 324 g/mol. The number of anilines is 1. The first kappa shape index (κ1) is 16.1. The van der Waals surface area contributed by atoms with Crippen LogP contribution in [0.15, 0.2) is 29.6 Å². The smallest absolute Gasteiger partial charge is 0.319 e. The third-order valence-corrected chi connectivity index (χ3v) is 4.21. The van der Waals surface area contributed by atoms with Crippen LogP contribution in [-0.4, -0.2) is 26.2 Å². The van der Waals surface area contributed by atoms with Gasteiger partial charge in [-0.05, 0) is 44.4 Å². The predicted octanol–water partition coefficient (Wildman–Crippen LogP) is 3.43. The number of hydrogen-bond donors (Lipinski definition) is 3. The lowest BCUT2D eigenvalue weighted by atomic mass is 10.3. The van der Waals surface area contributed by atoms with E-state index in [1.54, 1.807) is 11.3 Å². The maximum atomic E-state index is 12.2. The summed E-state index contributed by atoms with van der Waals surface area (Å²) < 4.78 is 0. The molecular formula is C16H18N6OS. The number of hydrogen-bond acceptors (Lipinski definition) is 5. The van der Waals surface area contributed by atoms with Gasteiger partial charge in [-0.25, -0.2) is 9.78 Å². The van der Waals surface area contributed by atoms with Crippen LogP contribution in [0.3, 0.4) is 0 Å². The Bertz CT molecular complexity index is 822. The molecule has 8 heteroatoms. The lowest BCUT2D eigenvalue weighted by Crippen LogP contribution is -2.31. The highest BCUT2D eigenvalue weighted by atomic mass is 32.1. The van der Waals surface area contributed by atoms with Crippen LogP contribution >= 0.6 is 11.3 Å². The Morgan fingerprint density at radius 3 is 2.67 bits per heavy atom. The van der Waals surface area contributed by atoms with Crippen molar-refractivity contribution in [3.8, 4) is 10.7 Å². The van der Waals surface area contributed by atoms with E-state index < -0.39 is 0 Å². The summed E-state index contributed by atoms with van der Waals surface area (Å²) in [7, 11) is 0. The second-order valence-electron chi connectivity index (χ2n) is 5.48. The van der Waals surface area contributed by atoms with Crippen molar-refractivity contribution in [2.45, 2.75) is 26.8 Å². The lowest BCUT2D eigenvalue weighted by Gasteiger charge is -2.12. The standard InChI is InChI=1S/C16H18N6OS/c1-9-7-12(8-10(2)17-9)19-16(23)18-11(3)14-20-15(22-21-14)13-5-4-6-24-13/h4-8,11H,1-3H3,(H,20,21,22)(H2,17,18,19,23). The van der Waals surface area contributed by atoms with Crippen LogP contribution in [0.25, 0.3) is 10.7 Å².